The molecule has 2 aromatic carbocycles. The highest BCUT2D eigenvalue weighted by molar-refractivity contribution is 7.89. The first-order valence-electron chi connectivity index (χ1n) is 10.7. The van der Waals surface area contributed by atoms with E-state index in [1.807, 2.05) is 12.1 Å². The van der Waals surface area contributed by atoms with Crippen LogP contribution in [0, 0.1) is 0 Å². The summed E-state index contributed by atoms with van der Waals surface area (Å²) < 4.78 is 29.6. The van der Waals surface area contributed by atoms with E-state index in [9.17, 15) is 18.0 Å². The summed E-state index contributed by atoms with van der Waals surface area (Å²) in [5.74, 6) is -0.439. The average molecular weight is 480 g/mol. The lowest BCUT2D eigenvalue weighted by Crippen LogP contribution is -2.33. The lowest BCUT2D eigenvalue weighted by atomic mass is 10.1. The largest absolute Gasteiger partial charge is 0.350 e. The number of benzene rings is 2. The SMILES string of the molecule is CC(C)N(C)S(=O)(=O)c1cccc(C(=O)Nc2cccc(Cn3nc4ccccn4c3=O)c2)c1. The third-order valence-corrected chi connectivity index (χ3v) is 7.54. The van der Waals surface area contributed by atoms with Crippen molar-refractivity contribution in [2.45, 2.75) is 31.3 Å². The van der Waals surface area contributed by atoms with Gasteiger partial charge in [0.25, 0.3) is 5.91 Å². The summed E-state index contributed by atoms with van der Waals surface area (Å²) in [7, 11) is -2.21. The van der Waals surface area contributed by atoms with Gasteiger partial charge in [-0.2, -0.15) is 4.31 Å². The van der Waals surface area contributed by atoms with E-state index in [-0.39, 0.29) is 28.7 Å². The standard InChI is InChI=1S/C24H25N5O4S/c1-17(2)27(3)34(32,33)21-11-7-9-19(15-21)23(30)25-20-10-6-8-18(14-20)16-29-24(31)28-13-5-4-12-22(28)26-29/h4-15,17H,16H2,1-3H3,(H,25,30). The molecule has 1 amide bonds. The lowest BCUT2D eigenvalue weighted by molar-refractivity contribution is 0.102. The van der Waals surface area contributed by atoms with Crippen molar-refractivity contribution in [1.29, 1.82) is 0 Å². The van der Waals surface area contributed by atoms with Gasteiger partial charge in [-0.05, 0) is 61.9 Å². The Balaban J connectivity index is 1.54. The smallest absolute Gasteiger partial charge is 0.322 e. The molecule has 0 fully saturated rings. The molecule has 2 heterocycles. The van der Waals surface area contributed by atoms with Crippen LogP contribution in [0.5, 0.6) is 0 Å². The molecule has 0 bridgehead atoms. The van der Waals surface area contributed by atoms with Crippen molar-refractivity contribution < 1.29 is 13.2 Å². The van der Waals surface area contributed by atoms with E-state index in [0.29, 0.717) is 11.3 Å². The Hall–Kier alpha value is -3.76. The lowest BCUT2D eigenvalue weighted by Gasteiger charge is -2.21. The quantitative estimate of drug-likeness (QED) is 0.439. The van der Waals surface area contributed by atoms with Gasteiger partial charge in [0.05, 0.1) is 11.4 Å². The number of carbonyl (C=O) groups is 1. The Morgan fingerprint density at radius 3 is 2.56 bits per heavy atom. The van der Waals surface area contributed by atoms with Crippen molar-refractivity contribution in [1.82, 2.24) is 18.5 Å². The fraction of sp³-hybridized carbons (Fsp3) is 0.208. The van der Waals surface area contributed by atoms with Crippen molar-refractivity contribution in [2.24, 2.45) is 0 Å². The van der Waals surface area contributed by atoms with Gasteiger partial charge in [-0.3, -0.25) is 9.20 Å². The van der Waals surface area contributed by atoms with Gasteiger partial charge in [-0.15, -0.1) is 5.10 Å². The fourth-order valence-corrected chi connectivity index (χ4v) is 4.85. The van der Waals surface area contributed by atoms with Gasteiger partial charge in [-0.1, -0.05) is 24.3 Å². The van der Waals surface area contributed by atoms with E-state index in [1.54, 1.807) is 62.5 Å². The maximum Gasteiger partial charge on any atom is 0.350 e. The van der Waals surface area contributed by atoms with Gasteiger partial charge < -0.3 is 5.32 Å². The first kappa shape index (κ1) is 23.4. The number of rotatable bonds is 7. The summed E-state index contributed by atoms with van der Waals surface area (Å²) >= 11 is 0. The minimum Gasteiger partial charge on any atom is -0.322 e. The highest BCUT2D eigenvalue weighted by atomic mass is 32.2. The number of nitrogens with zero attached hydrogens (tertiary/aromatic N) is 4. The third kappa shape index (κ3) is 4.63. The normalized spacial score (nSPS) is 11.9. The monoisotopic (exact) mass is 479 g/mol. The zero-order valence-corrected chi connectivity index (χ0v) is 19.9. The molecule has 0 aliphatic rings. The van der Waals surface area contributed by atoms with Crippen LogP contribution in [0.1, 0.15) is 29.8 Å². The predicted molar refractivity (Wildman–Crippen MR) is 129 cm³/mol. The maximum atomic E-state index is 12.8. The molecule has 4 rings (SSSR count). The second-order valence-corrected chi connectivity index (χ2v) is 10.2. The van der Waals surface area contributed by atoms with Crippen molar-refractivity contribution >= 4 is 27.3 Å². The Kier molecular flexibility index (Phi) is 6.36. The van der Waals surface area contributed by atoms with Crippen LogP contribution in [0.15, 0.2) is 82.6 Å². The molecule has 0 radical (unpaired) electrons. The molecular formula is C24H25N5O4S. The molecule has 0 unspecified atom stereocenters. The van der Waals surface area contributed by atoms with E-state index < -0.39 is 15.9 Å². The molecule has 4 aromatic rings. The summed E-state index contributed by atoms with van der Waals surface area (Å²) in [5.41, 5.74) is 1.81. The van der Waals surface area contributed by atoms with Gasteiger partial charge in [0.2, 0.25) is 10.0 Å². The van der Waals surface area contributed by atoms with E-state index in [1.165, 1.54) is 32.6 Å². The van der Waals surface area contributed by atoms with Gasteiger partial charge >= 0.3 is 5.69 Å². The van der Waals surface area contributed by atoms with Crippen molar-refractivity contribution in [2.75, 3.05) is 12.4 Å². The molecule has 1 N–H and O–H groups in total. The van der Waals surface area contributed by atoms with Crippen LogP contribution < -0.4 is 11.0 Å². The molecule has 34 heavy (non-hydrogen) atoms. The summed E-state index contributed by atoms with van der Waals surface area (Å²) in [4.78, 5) is 25.4. The molecule has 0 atom stereocenters. The minimum absolute atomic E-state index is 0.0522. The molecule has 0 aliphatic heterocycles. The second-order valence-electron chi connectivity index (χ2n) is 8.17. The number of hydrogen-bond acceptors (Lipinski definition) is 5. The van der Waals surface area contributed by atoms with Gasteiger partial charge in [0, 0.05) is 30.5 Å². The number of sulfonamides is 1. The van der Waals surface area contributed by atoms with Crippen LogP contribution in [-0.4, -0.2) is 45.9 Å². The van der Waals surface area contributed by atoms with Crippen LogP contribution in [0.25, 0.3) is 5.65 Å². The number of fused-ring (bicyclic) bond motifs is 1. The summed E-state index contributed by atoms with van der Waals surface area (Å²) in [5, 5.41) is 7.12. The van der Waals surface area contributed by atoms with Crippen molar-refractivity contribution in [3.05, 3.63) is 94.5 Å². The fourth-order valence-electron chi connectivity index (χ4n) is 3.44. The number of pyridine rings is 1. The van der Waals surface area contributed by atoms with Crippen molar-refractivity contribution in [3.63, 3.8) is 0 Å². The molecule has 176 valence electrons. The average Bonchev–Trinajstić information content (AvgIpc) is 3.14. The summed E-state index contributed by atoms with van der Waals surface area (Å²) in [6.45, 7) is 3.79. The van der Waals surface area contributed by atoms with Gasteiger partial charge in [-0.25, -0.2) is 17.9 Å². The number of anilines is 1. The Bertz CT molecular complexity index is 1520. The van der Waals surface area contributed by atoms with Crippen LogP contribution in [0.4, 0.5) is 5.69 Å². The number of carbonyl (C=O) groups excluding carboxylic acids is 1. The molecule has 0 spiro atoms. The van der Waals surface area contributed by atoms with E-state index in [2.05, 4.69) is 10.4 Å². The molecule has 9 nitrogen and oxygen atoms in total. The molecular weight excluding hydrogens is 454 g/mol. The molecule has 0 saturated carbocycles. The number of nitrogens with one attached hydrogen (secondary N) is 1. The number of aromatic nitrogens is 3. The van der Waals surface area contributed by atoms with Crippen LogP contribution in [0.2, 0.25) is 0 Å². The van der Waals surface area contributed by atoms with E-state index >= 15 is 0 Å². The van der Waals surface area contributed by atoms with Crippen molar-refractivity contribution in [3.8, 4) is 0 Å². The predicted octanol–water partition coefficient (Wildman–Crippen LogP) is 2.83. The molecule has 10 heteroatoms. The highest BCUT2D eigenvalue weighted by Gasteiger charge is 2.24. The Morgan fingerprint density at radius 2 is 1.82 bits per heavy atom. The third-order valence-electron chi connectivity index (χ3n) is 5.51. The summed E-state index contributed by atoms with van der Waals surface area (Å²) in [6.07, 6.45) is 1.66. The molecule has 2 aromatic heterocycles. The number of hydrogen-bond donors (Lipinski definition) is 1. The molecule has 0 saturated heterocycles. The van der Waals surface area contributed by atoms with Gasteiger partial charge in [0.15, 0.2) is 5.65 Å². The first-order valence-corrected chi connectivity index (χ1v) is 12.1. The van der Waals surface area contributed by atoms with E-state index in [4.69, 9.17) is 0 Å². The van der Waals surface area contributed by atoms with Crippen LogP contribution >= 0.6 is 0 Å². The topological polar surface area (TPSA) is 106 Å². The zero-order valence-electron chi connectivity index (χ0n) is 19.0. The van der Waals surface area contributed by atoms with Crippen LogP contribution in [-0.2, 0) is 16.6 Å². The second kappa shape index (κ2) is 9.24. The Labute approximate surface area is 197 Å². The van der Waals surface area contributed by atoms with Gasteiger partial charge in [0.1, 0.15) is 0 Å². The zero-order chi connectivity index (χ0) is 24.5. The molecule has 0 aliphatic carbocycles. The first-order chi connectivity index (χ1) is 16.2. The van der Waals surface area contributed by atoms with Crippen LogP contribution in [0.3, 0.4) is 0 Å². The number of amides is 1. The highest BCUT2D eigenvalue weighted by Crippen LogP contribution is 2.19. The van der Waals surface area contributed by atoms with E-state index in [0.717, 1.165) is 5.56 Å². The maximum absolute atomic E-state index is 12.8. The minimum atomic E-state index is -3.71. The Morgan fingerprint density at radius 1 is 1.06 bits per heavy atom. The summed E-state index contributed by atoms with van der Waals surface area (Å²) in [6, 6.07) is 18.1.